The Labute approximate surface area is 109 Å². The Kier molecular flexibility index (Phi) is 3.72. The fraction of sp³-hybridized carbons (Fsp3) is 0.600. The van der Waals surface area contributed by atoms with Gasteiger partial charge in [-0.05, 0) is 42.6 Å². The van der Waals surface area contributed by atoms with Crippen LogP contribution in [0.15, 0.2) is 29.2 Å². The highest BCUT2D eigenvalue weighted by Crippen LogP contribution is 2.42. The summed E-state index contributed by atoms with van der Waals surface area (Å²) in [6, 6.07) is 9.24. The summed E-state index contributed by atoms with van der Waals surface area (Å²) in [5, 5.41) is 3.74. The number of anilines is 1. The summed E-state index contributed by atoms with van der Waals surface area (Å²) in [6.45, 7) is 7.13. The van der Waals surface area contributed by atoms with Gasteiger partial charge in [0.25, 0.3) is 0 Å². The van der Waals surface area contributed by atoms with E-state index in [1.54, 1.807) is 0 Å². The Morgan fingerprint density at radius 3 is 2.53 bits per heavy atom. The summed E-state index contributed by atoms with van der Waals surface area (Å²) in [6.07, 6.45) is 4.74. The van der Waals surface area contributed by atoms with Crippen LogP contribution in [0, 0.1) is 11.3 Å². The molecule has 2 heteroatoms. The van der Waals surface area contributed by atoms with Gasteiger partial charge in [0.15, 0.2) is 0 Å². The Hall–Kier alpha value is -0.630. The lowest BCUT2D eigenvalue weighted by Crippen LogP contribution is -2.22. The van der Waals surface area contributed by atoms with E-state index in [9.17, 15) is 0 Å². The maximum absolute atomic E-state index is 3.74. The molecule has 1 aromatic carbocycles. The molecule has 2 atom stereocenters. The molecule has 1 fully saturated rings. The Morgan fingerprint density at radius 1 is 1.24 bits per heavy atom. The van der Waals surface area contributed by atoms with E-state index in [-0.39, 0.29) is 0 Å². The van der Waals surface area contributed by atoms with E-state index in [4.69, 9.17) is 0 Å². The molecule has 0 amide bonds. The molecule has 0 spiro atoms. The highest BCUT2D eigenvalue weighted by Gasteiger charge is 2.36. The van der Waals surface area contributed by atoms with Crippen molar-refractivity contribution < 1.29 is 0 Å². The molecule has 1 aromatic rings. The molecule has 1 N–H and O–H groups in total. The van der Waals surface area contributed by atoms with Gasteiger partial charge in [0.05, 0.1) is 0 Å². The summed E-state index contributed by atoms with van der Waals surface area (Å²) in [5.74, 6) is 0.764. The van der Waals surface area contributed by atoms with Gasteiger partial charge in [-0.25, -0.2) is 0 Å². The van der Waals surface area contributed by atoms with Crippen molar-refractivity contribution in [2.45, 2.75) is 44.6 Å². The maximum atomic E-state index is 3.74. The van der Waals surface area contributed by atoms with Crippen molar-refractivity contribution in [3.63, 3.8) is 0 Å². The predicted octanol–water partition coefficient (Wildman–Crippen LogP) is 4.65. The normalized spacial score (nSPS) is 27.1. The molecule has 17 heavy (non-hydrogen) atoms. The number of benzene rings is 1. The maximum Gasteiger partial charge on any atom is 0.0480 e. The first-order valence-electron chi connectivity index (χ1n) is 6.41. The van der Waals surface area contributed by atoms with Crippen LogP contribution in [-0.4, -0.2) is 12.3 Å². The Morgan fingerprint density at radius 2 is 1.94 bits per heavy atom. The molecule has 1 nitrogen and oxygen atoms in total. The molecule has 0 radical (unpaired) electrons. The van der Waals surface area contributed by atoms with Gasteiger partial charge in [0.1, 0.15) is 0 Å². The smallest absolute Gasteiger partial charge is 0.0480 e. The van der Waals surface area contributed by atoms with E-state index in [0.717, 1.165) is 5.92 Å². The van der Waals surface area contributed by atoms with Crippen LogP contribution in [0.5, 0.6) is 0 Å². The highest BCUT2D eigenvalue weighted by molar-refractivity contribution is 7.98. The number of hydrogen-bond donors (Lipinski definition) is 1. The van der Waals surface area contributed by atoms with Crippen molar-refractivity contribution in [1.82, 2.24) is 0 Å². The van der Waals surface area contributed by atoms with Gasteiger partial charge in [-0.2, -0.15) is 0 Å². The summed E-state index contributed by atoms with van der Waals surface area (Å²) in [5.41, 5.74) is 1.79. The van der Waals surface area contributed by atoms with Gasteiger partial charge < -0.3 is 5.32 Å². The summed E-state index contributed by atoms with van der Waals surface area (Å²) < 4.78 is 0. The molecule has 1 aliphatic rings. The molecular weight excluding hydrogens is 226 g/mol. The van der Waals surface area contributed by atoms with Gasteiger partial charge in [0, 0.05) is 16.6 Å². The molecule has 0 aliphatic heterocycles. The second-order valence-electron chi connectivity index (χ2n) is 6.00. The number of nitrogens with one attached hydrogen (secondary N) is 1. The van der Waals surface area contributed by atoms with Gasteiger partial charge >= 0.3 is 0 Å². The van der Waals surface area contributed by atoms with E-state index in [2.05, 4.69) is 56.6 Å². The third-order valence-electron chi connectivity index (χ3n) is 3.78. The molecule has 0 heterocycles. The van der Waals surface area contributed by atoms with Gasteiger partial charge in [-0.3, -0.25) is 0 Å². The van der Waals surface area contributed by atoms with Crippen LogP contribution < -0.4 is 5.32 Å². The lowest BCUT2D eigenvalue weighted by Gasteiger charge is -2.21. The van der Waals surface area contributed by atoms with Gasteiger partial charge in [-0.1, -0.05) is 32.9 Å². The van der Waals surface area contributed by atoms with Crippen molar-refractivity contribution in [1.29, 1.82) is 0 Å². The summed E-state index contributed by atoms with van der Waals surface area (Å²) in [4.78, 5) is 1.35. The lowest BCUT2D eigenvalue weighted by molar-refractivity contribution is 0.366. The number of hydrogen-bond acceptors (Lipinski definition) is 2. The fourth-order valence-electron chi connectivity index (χ4n) is 3.05. The molecule has 2 unspecified atom stereocenters. The van der Waals surface area contributed by atoms with E-state index < -0.39 is 0 Å². The quantitative estimate of drug-likeness (QED) is 0.783. The van der Waals surface area contributed by atoms with Crippen LogP contribution in [-0.2, 0) is 0 Å². The SMILES string of the molecule is CSc1ccccc1NC1CC(C)(C)CC1C. The number of rotatable bonds is 3. The van der Waals surface area contributed by atoms with Crippen LogP contribution >= 0.6 is 11.8 Å². The predicted molar refractivity (Wildman–Crippen MR) is 77.8 cm³/mol. The molecule has 1 aliphatic carbocycles. The minimum absolute atomic E-state index is 0.491. The van der Waals surface area contributed by atoms with Crippen LogP contribution in [0.1, 0.15) is 33.6 Å². The second-order valence-corrected chi connectivity index (χ2v) is 6.85. The minimum Gasteiger partial charge on any atom is -0.381 e. The molecule has 2 rings (SSSR count). The third kappa shape index (κ3) is 2.98. The van der Waals surface area contributed by atoms with E-state index in [0.29, 0.717) is 11.5 Å². The van der Waals surface area contributed by atoms with E-state index in [1.165, 1.54) is 23.4 Å². The zero-order valence-corrected chi connectivity index (χ0v) is 12.1. The monoisotopic (exact) mass is 249 g/mol. The lowest BCUT2D eigenvalue weighted by atomic mass is 9.91. The van der Waals surface area contributed by atoms with Crippen LogP contribution in [0.2, 0.25) is 0 Å². The van der Waals surface area contributed by atoms with E-state index >= 15 is 0 Å². The Bertz CT molecular complexity index is 386. The average molecular weight is 249 g/mol. The summed E-state index contributed by atoms with van der Waals surface area (Å²) in [7, 11) is 0. The van der Waals surface area contributed by atoms with Crippen molar-refractivity contribution in [3.8, 4) is 0 Å². The minimum atomic E-state index is 0.491. The van der Waals surface area contributed by atoms with Gasteiger partial charge in [0.2, 0.25) is 0 Å². The molecule has 0 aromatic heterocycles. The van der Waals surface area contributed by atoms with Crippen LogP contribution in [0.3, 0.4) is 0 Å². The summed E-state index contributed by atoms with van der Waals surface area (Å²) >= 11 is 1.82. The first kappa shape index (κ1) is 12.8. The molecule has 0 bridgehead atoms. The highest BCUT2D eigenvalue weighted by atomic mass is 32.2. The van der Waals surface area contributed by atoms with Crippen LogP contribution in [0.4, 0.5) is 5.69 Å². The van der Waals surface area contributed by atoms with Crippen molar-refractivity contribution in [2.24, 2.45) is 11.3 Å². The fourth-order valence-corrected chi connectivity index (χ4v) is 3.61. The van der Waals surface area contributed by atoms with Crippen molar-refractivity contribution in [3.05, 3.63) is 24.3 Å². The van der Waals surface area contributed by atoms with Gasteiger partial charge in [-0.15, -0.1) is 11.8 Å². The van der Waals surface area contributed by atoms with Crippen molar-refractivity contribution in [2.75, 3.05) is 11.6 Å². The Balaban J connectivity index is 2.11. The third-order valence-corrected chi connectivity index (χ3v) is 4.58. The molecular formula is C15H23NS. The zero-order valence-electron chi connectivity index (χ0n) is 11.3. The van der Waals surface area contributed by atoms with Crippen molar-refractivity contribution >= 4 is 17.4 Å². The second kappa shape index (κ2) is 4.93. The first-order valence-corrected chi connectivity index (χ1v) is 7.64. The molecule has 94 valence electrons. The molecule has 1 saturated carbocycles. The van der Waals surface area contributed by atoms with Crippen LogP contribution in [0.25, 0.3) is 0 Å². The number of para-hydroxylation sites is 1. The molecule has 0 saturated heterocycles. The zero-order chi connectivity index (χ0) is 12.5. The first-order chi connectivity index (χ1) is 8.02. The van der Waals surface area contributed by atoms with E-state index in [1.807, 2.05) is 11.8 Å². The number of thioether (sulfide) groups is 1. The topological polar surface area (TPSA) is 12.0 Å². The largest absolute Gasteiger partial charge is 0.381 e. The standard InChI is InChI=1S/C15H23NS/c1-11-9-15(2,3)10-13(11)16-12-7-5-6-8-14(12)17-4/h5-8,11,13,16H,9-10H2,1-4H3. The average Bonchev–Trinajstić information content (AvgIpc) is 2.52.